The summed E-state index contributed by atoms with van der Waals surface area (Å²) in [6, 6.07) is 46.4. The Hall–Kier alpha value is -4.75. The van der Waals surface area contributed by atoms with Crippen LogP contribution < -0.4 is 0 Å². The second kappa shape index (κ2) is 8.12. The van der Waals surface area contributed by atoms with E-state index in [1.807, 2.05) is 0 Å². The fourth-order valence-electron chi connectivity index (χ4n) is 6.67. The van der Waals surface area contributed by atoms with E-state index in [-0.39, 0.29) is 5.41 Å². The van der Waals surface area contributed by atoms with Crippen LogP contribution in [0, 0.1) is 0 Å². The number of aromatic nitrogens is 1. The maximum absolute atomic E-state index is 5.15. The van der Waals surface area contributed by atoms with Crippen molar-refractivity contribution in [2.24, 2.45) is 0 Å². The molecule has 0 unspecified atom stereocenters. The molecule has 1 aliphatic carbocycles. The molecule has 0 saturated heterocycles. The monoisotopic (exact) mass is 497 g/mol. The van der Waals surface area contributed by atoms with Crippen molar-refractivity contribution >= 4 is 32.6 Å². The van der Waals surface area contributed by atoms with Gasteiger partial charge in [0.15, 0.2) is 0 Å². The molecule has 0 aliphatic heterocycles. The molecule has 0 atom stereocenters. The van der Waals surface area contributed by atoms with Gasteiger partial charge in [0, 0.05) is 27.1 Å². The standard InChI is InChI=1S/C38H27N/c1-38(2)33-16-7-5-14-29(33)30-20-19-26(23-34(30)38)25-11-9-12-27(22-25)36-31-15-6-8-17-35(31)39-37-28-13-4-3-10-24(28)18-21-32(36)37/h3-23H,1-2H3. The van der Waals surface area contributed by atoms with E-state index in [4.69, 9.17) is 4.98 Å². The molecule has 1 heteroatoms. The molecule has 6 aromatic carbocycles. The van der Waals surface area contributed by atoms with Gasteiger partial charge in [0.25, 0.3) is 0 Å². The van der Waals surface area contributed by atoms with Crippen molar-refractivity contribution in [2.45, 2.75) is 19.3 Å². The molecule has 39 heavy (non-hydrogen) atoms. The molecule has 0 N–H and O–H groups in total. The van der Waals surface area contributed by atoms with Crippen LogP contribution in [-0.2, 0) is 5.41 Å². The predicted molar refractivity (Wildman–Crippen MR) is 165 cm³/mol. The van der Waals surface area contributed by atoms with Gasteiger partial charge in [0.2, 0.25) is 0 Å². The first kappa shape index (κ1) is 22.3. The summed E-state index contributed by atoms with van der Waals surface area (Å²) in [6.45, 7) is 4.69. The van der Waals surface area contributed by atoms with E-state index >= 15 is 0 Å². The topological polar surface area (TPSA) is 12.9 Å². The number of hydrogen-bond donors (Lipinski definition) is 0. The lowest BCUT2D eigenvalue weighted by atomic mass is 9.81. The first-order valence-electron chi connectivity index (χ1n) is 13.6. The van der Waals surface area contributed by atoms with Gasteiger partial charge in [-0.2, -0.15) is 0 Å². The van der Waals surface area contributed by atoms with E-state index in [2.05, 4.69) is 141 Å². The van der Waals surface area contributed by atoms with Gasteiger partial charge in [-0.25, -0.2) is 4.98 Å². The Morgan fingerprint density at radius 2 is 1.21 bits per heavy atom. The first-order chi connectivity index (χ1) is 19.1. The Bertz CT molecular complexity index is 2100. The molecule has 0 spiro atoms. The van der Waals surface area contributed by atoms with E-state index in [0.717, 1.165) is 11.0 Å². The van der Waals surface area contributed by atoms with Crippen LogP contribution in [0.2, 0.25) is 0 Å². The summed E-state index contributed by atoms with van der Waals surface area (Å²) in [7, 11) is 0. The Morgan fingerprint density at radius 3 is 2.13 bits per heavy atom. The number of nitrogens with zero attached hydrogens (tertiary/aromatic N) is 1. The zero-order valence-corrected chi connectivity index (χ0v) is 22.1. The molecule has 1 nitrogen and oxygen atoms in total. The molecule has 0 saturated carbocycles. The van der Waals surface area contributed by atoms with E-state index in [0.29, 0.717) is 0 Å². The number of pyridine rings is 1. The average molecular weight is 498 g/mol. The summed E-state index contributed by atoms with van der Waals surface area (Å²) in [5, 5.41) is 4.78. The Balaban J connectivity index is 1.35. The van der Waals surface area contributed by atoms with Crippen LogP contribution >= 0.6 is 0 Å². The highest BCUT2D eigenvalue weighted by Gasteiger charge is 2.35. The minimum absolute atomic E-state index is 0.0158. The van der Waals surface area contributed by atoms with Crippen molar-refractivity contribution in [3.63, 3.8) is 0 Å². The van der Waals surface area contributed by atoms with Crippen molar-refractivity contribution in [2.75, 3.05) is 0 Å². The maximum atomic E-state index is 5.15. The molecule has 1 heterocycles. The third-order valence-electron chi connectivity index (χ3n) is 8.64. The second-order valence-electron chi connectivity index (χ2n) is 11.2. The highest BCUT2D eigenvalue weighted by atomic mass is 14.7. The third-order valence-corrected chi connectivity index (χ3v) is 8.64. The number of benzene rings is 6. The summed E-state index contributed by atoms with van der Waals surface area (Å²) >= 11 is 0. The zero-order valence-electron chi connectivity index (χ0n) is 22.1. The highest BCUT2D eigenvalue weighted by Crippen LogP contribution is 2.49. The van der Waals surface area contributed by atoms with E-state index in [9.17, 15) is 0 Å². The fourth-order valence-corrected chi connectivity index (χ4v) is 6.67. The number of hydrogen-bond acceptors (Lipinski definition) is 1. The Morgan fingerprint density at radius 1 is 0.487 bits per heavy atom. The lowest BCUT2D eigenvalue weighted by Crippen LogP contribution is -2.14. The van der Waals surface area contributed by atoms with Gasteiger partial charge in [-0.05, 0) is 62.5 Å². The molecule has 0 bridgehead atoms. The Labute approximate surface area is 228 Å². The van der Waals surface area contributed by atoms with Gasteiger partial charge in [-0.1, -0.05) is 123 Å². The molecule has 8 rings (SSSR count). The van der Waals surface area contributed by atoms with Crippen LogP contribution in [0.25, 0.3) is 66.0 Å². The third kappa shape index (κ3) is 3.23. The van der Waals surface area contributed by atoms with Gasteiger partial charge < -0.3 is 0 Å². The van der Waals surface area contributed by atoms with Crippen LogP contribution in [0.3, 0.4) is 0 Å². The molecule has 1 aromatic heterocycles. The van der Waals surface area contributed by atoms with Crippen LogP contribution in [0.1, 0.15) is 25.0 Å². The summed E-state index contributed by atoms with van der Waals surface area (Å²) in [5.74, 6) is 0. The molecular weight excluding hydrogens is 470 g/mol. The van der Waals surface area contributed by atoms with Crippen molar-refractivity contribution in [1.82, 2.24) is 4.98 Å². The fraction of sp³-hybridized carbons (Fsp3) is 0.0789. The molecule has 184 valence electrons. The van der Waals surface area contributed by atoms with Crippen LogP contribution in [-0.4, -0.2) is 4.98 Å². The largest absolute Gasteiger partial charge is 0.247 e. The maximum Gasteiger partial charge on any atom is 0.0794 e. The zero-order chi connectivity index (χ0) is 26.1. The lowest BCUT2D eigenvalue weighted by molar-refractivity contribution is 0.660. The van der Waals surface area contributed by atoms with E-state index in [1.54, 1.807) is 0 Å². The van der Waals surface area contributed by atoms with Crippen LogP contribution in [0.5, 0.6) is 0 Å². The molecule has 0 fully saturated rings. The molecule has 0 radical (unpaired) electrons. The SMILES string of the molecule is CC1(C)c2ccccc2-c2ccc(-c3cccc(-c4c5ccccc5nc5c4ccc4ccccc45)c3)cc21. The van der Waals surface area contributed by atoms with Gasteiger partial charge in [0.1, 0.15) is 0 Å². The quantitative estimate of drug-likeness (QED) is 0.171. The summed E-state index contributed by atoms with van der Waals surface area (Å²) < 4.78 is 0. The van der Waals surface area contributed by atoms with Crippen molar-refractivity contribution < 1.29 is 0 Å². The van der Waals surface area contributed by atoms with Crippen molar-refractivity contribution in [3.05, 3.63) is 139 Å². The van der Waals surface area contributed by atoms with Crippen molar-refractivity contribution in [3.8, 4) is 33.4 Å². The summed E-state index contributed by atoms with van der Waals surface area (Å²) in [4.78, 5) is 5.15. The normalized spacial score (nSPS) is 13.6. The first-order valence-corrected chi connectivity index (χ1v) is 13.6. The van der Waals surface area contributed by atoms with Gasteiger partial charge in [-0.15, -0.1) is 0 Å². The molecule has 7 aromatic rings. The second-order valence-corrected chi connectivity index (χ2v) is 11.2. The number of para-hydroxylation sites is 1. The van der Waals surface area contributed by atoms with Crippen molar-refractivity contribution in [1.29, 1.82) is 0 Å². The minimum Gasteiger partial charge on any atom is -0.247 e. The average Bonchev–Trinajstić information content (AvgIpc) is 3.22. The van der Waals surface area contributed by atoms with Crippen LogP contribution in [0.15, 0.2) is 127 Å². The van der Waals surface area contributed by atoms with E-state index in [1.165, 1.54) is 66.1 Å². The molecular formula is C38H27N. The minimum atomic E-state index is -0.0158. The Kier molecular flexibility index (Phi) is 4.63. The highest BCUT2D eigenvalue weighted by molar-refractivity contribution is 6.17. The predicted octanol–water partition coefficient (Wildman–Crippen LogP) is 10.2. The number of rotatable bonds is 2. The van der Waals surface area contributed by atoms with E-state index < -0.39 is 0 Å². The van der Waals surface area contributed by atoms with Gasteiger partial charge >= 0.3 is 0 Å². The van der Waals surface area contributed by atoms with Crippen LogP contribution in [0.4, 0.5) is 0 Å². The number of fused-ring (bicyclic) bond motifs is 7. The molecule has 1 aliphatic rings. The summed E-state index contributed by atoms with van der Waals surface area (Å²) in [6.07, 6.45) is 0. The van der Waals surface area contributed by atoms with Gasteiger partial charge in [0.05, 0.1) is 11.0 Å². The van der Waals surface area contributed by atoms with Gasteiger partial charge in [-0.3, -0.25) is 0 Å². The summed E-state index contributed by atoms with van der Waals surface area (Å²) in [5.41, 5.74) is 12.5. The molecule has 0 amide bonds. The lowest BCUT2D eigenvalue weighted by Gasteiger charge is -2.22. The smallest absolute Gasteiger partial charge is 0.0794 e.